The zero-order valence-corrected chi connectivity index (χ0v) is 11.7. The van der Waals surface area contributed by atoms with Crippen LogP contribution in [0.5, 0.6) is 0 Å². The van der Waals surface area contributed by atoms with Crippen LogP contribution in [0.4, 0.5) is 5.69 Å². The van der Waals surface area contributed by atoms with Crippen molar-refractivity contribution in [1.29, 1.82) is 0 Å². The molecule has 1 aromatic heterocycles. The minimum Gasteiger partial charge on any atom is -0.481 e. The average molecular weight is 284 g/mol. The molecule has 5 nitrogen and oxygen atoms in total. The van der Waals surface area contributed by atoms with E-state index in [9.17, 15) is 9.59 Å². The number of carbonyl (C=O) groups is 2. The van der Waals surface area contributed by atoms with E-state index in [0.717, 1.165) is 5.56 Å². The molecule has 1 amide bonds. The highest BCUT2D eigenvalue weighted by Crippen LogP contribution is 2.13. The third kappa shape index (κ3) is 4.14. The first-order chi connectivity index (χ1) is 10.1. The summed E-state index contributed by atoms with van der Waals surface area (Å²) in [5.74, 6) is -1.03. The molecule has 5 heteroatoms. The molecule has 0 radical (unpaired) electrons. The molecule has 0 saturated heterocycles. The summed E-state index contributed by atoms with van der Waals surface area (Å²) in [5.41, 5.74) is 2.80. The van der Waals surface area contributed by atoms with Crippen molar-refractivity contribution in [3.05, 3.63) is 59.4 Å². The van der Waals surface area contributed by atoms with Crippen molar-refractivity contribution in [2.75, 3.05) is 5.32 Å². The number of aromatic nitrogens is 1. The number of nitrogens with zero attached hydrogens (tertiary/aromatic N) is 1. The Morgan fingerprint density at radius 2 is 1.90 bits per heavy atom. The molecule has 108 valence electrons. The summed E-state index contributed by atoms with van der Waals surface area (Å²) in [6.45, 7) is 1.78. The summed E-state index contributed by atoms with van der Waals surface area (Å²) in [6.07, 6.45) is 2.22. The molecular formula is C16H16N2O3. The number of carboxylic acids is 1. The first kappa shape index (κ1) is 14.7. The number of rotatable bonds is 5. The molecule has 2 rings (SSSR count). The molecule has 0 aliphatic heterocycles. The molecule has 0 bridgehead atoms. The van der Waals surface area contributed by atoms with Gasteiger partial charge in [-0.2, -0.15) is 0 Å². The lowest BCUT2D eigenvalue weighted by Crippen LogP contribution is -2.13. The van der Waals surface area contributed by atoms with Gasteiger partial charge in [0.25, 0.3) is 5.91 Å². The van der Waals surface area contributed by atoms with Crippen LogP contribution in [0.15, 0.2) is 42.6 Å². The standard InChI is InChI=1S/C16H16N2O3/c1-11-14(3-2-10-17-11)16(21)18-13-7-4-12(5-8-13)6-9-15(19)20/h2-5,7-8,10H,6,9H2,1H3,(H,18,21)(H,19,20). The number of pyridine rings is 1. The van der Waals surface area contributed by atoms with Gasteiger partial charge in [0.2, 0.25) is 0 Å². The third-order valence-corrected chi connectivity index (χ3v) is 3.09. The van der Waals surface area contributed by atoms with Gasteiger partial charge in [0, 0.05) is 24.0 Å². The van der Waals surface area contributed by atoms with E-state index in [1.165, 1.54) is 0 Å². The van der Waals surface area contributed by atoms with E-state index in [0.29, 0.717) is 23.4 Å². The number of carbonyl (C=O) groups excluding carboxylic acids is 1. The highest BCUT2D eigenvalue weighted by Gasteiger charge is 2.09. The number of aryl methyl sites for hydroxylation is 2. The maximum absolute atomic E-state index is 12.1. The molecule has 0 atom stereocenters. The van der Waals surface area contributed by atoms with E-state index in [4.69, 9.17) is 5.11 Å². The van der Waals surface area contributed by atoms with Crippen LogP contribution in [0.2, 0.25) is 0 Å². The maximum atomic E-state index is 12.1. The van der Waals surface area contributed by atoms with Gasteiger partial charge in [0.05, 0.1) is 5.56 Å². The molecule has 2 N–H and O–H groups in total. The SMILES string of the molecule is Cc1ncccc1C(=O)Nc1ccc(CCC(=O)O)cc1. The van der Waals surface area contributed by atoms with Gasteiger partial charge in [-0.05, 0) is 43.2 Å². The normalized spacial score (nSPS) is 10.1. The van der Waals surface area contributed by atoms with Crippen LogP contribution in [-0.4, -0.2) is 22.0 Å². The fourth-order valence-corrected chi connectivity index (χ4v) is 1.93. The second-order valence-corrected chi connectivity index (χ2v) is 4.68. The van der Waals surface area contributed by atoms with E-state index in [2.05, 4.69) is 10.3 Å². The average Bonchev–Trinajstić information content (AvgIpc) is 2.47. The van der Waals surface area contributed by atoms with Gasteiger partial charge < -0.3 is 10.4 Å². The fourth-order valence-electron chi connectivity index (χ4n) is 1.93. The first-order valence-electron chi connectivity index (χ1n) is 6.60. The van der Waals surface area contributed by atoms with E-state index in [1.807, 2.05) is 12.1 Å². The van der Waals surface area contributed by atoms with Crippen molar-refractivity contribution in [1.82, 2.24) is 4.98 Å². The number of nitrogens with one attached hydrogen (secondary N) is 1. The lowest BCUT2D eigenvalue weighted by Gasteiger charge is -2.07. The van der Waals surface area contributed by atoms with Gasteiger partial charge in [-0.3, -0.25) is 14.6 Å². The van der Waals surface area contributed by atoms with Crippen LogP contribution >= 0.6 is 0 Å². The van der Waals surface area contributed by atoms with E-state index >= 15 is 0 Å². The number of amides is 1. The number of carboxylic acid groups (broad SMARTS) is 1. The Bertz CT molecular complexity index is 651. The summed E-state index contributed by atoms with van der Waals surface area (Å²) < 4.78 is 0. The molecule has 0 aliphatic rings. The Balaban J connectivity index is 2.02. The van der Waals surface area contributed by atoms with Crippen molar-refractivity contribution >= 4 is 17.6 Å². The number of aliphatic carboxylic acids is 1. The van der Waals surface area contributed by atoms with E-state index in [1.54, 1.807) is 37.4 Å². The summed E-state index contributed by atoms with van der Waals surface area (Å²) in [5, 5.41) is 11.4. The highest BCUT2D eigenvalue weighted by molar-refractivity contribution is 6.04. The Morgan fingerprint density at radius 3 is 2.52 bits per heavy atom. The number of hydrogen-bond donors (Lipinski definition) is 2. The Hall–Kier alpha value is -2.69. The predicted molar refractivity (Wildman–Crippen MR) is 79.3 cm³/mol. The first-order valence-corrected chi connectivity index (χ1v) is 6.60. The molecule has 21 heavy (non-hydrogen) atoms. The van der Waals surface area contributed by atoms with Gasteiger partial charge in [-0.15, -0.1) is 0 Å². The zero-order chi connectivity index (χ0) is 15.2. The molecule has 0 aliphatic carbocycles. The van der Waals surface area contributed by atoms with Crippen LogP contribution < -0.4 is 5.32 Å². The molecule has 2 aromatic rings. The lowest BCUT2D eigenvalue weighted by atomic mass is 10.1. The second kappa shape index (κ2) is 6.65. The molecule has 0 saturated carbocycles. The summed E-state index contributed by atoms with van der Waals surface area (Å²) in [6, 6.07) is 10.6. The fraction of sp³-hybridized carbons (Fsp3) is 0.188. The summed E-state index contributed by atoms with van der Waals surface area (Å²) >= 11 is 0. The molecular weight excluding hydrogens is 268 g/mol. The van der Waals surface area contributed by atoms with Crippen molar-refractivity contribution in [3.8, 4) is 0 Å². The molecule has 0 spiro atoms. The topological polar surface area (TPSA) is 79.3 Å². The van der Waals surface area contributed by atoms with Crippen molar-refractivity contribution in [2.24, 2.45) is 0 Å². The summed E-state index contributed by atoms with van der Waals surface area (Å²) in [4.78, 5) is 26.7. The van der Waals surface area contributed by atoms with Crippen LogP contribution in [0.25, 0.3) is 0 Å². The van der Waals surface area contributed by atoms with Gasteiger partial charge in [-0.1, -0.05) is 12.1 Å². The van der Waals surface area contributed by atoms with Gasteiger partial charge in [0.1, 0.15) is 0 Å². The van der Waals surface area contributed by atoms with Crippen LogP contribution in [0, 0.1) is 6.92 Å². The molecule has 1 aromatic carbocycles. The number of benzene rings is 1. The number of hydrogen-bond acceptors (Lipinski definition) is 3. The van der Waals surface area contributed by atoms with E-state index in [-0.39, 0.29) is 12.3 Å². The molecule has 0 fully saturated rings. The molecule has 1 heterocycles. The van der Waals surface area contributed by atoms with Gasteiger partial charge >= 0.3 is 5.97 Å². The predicted octanol–water partition coefficient (Wildman–Crippen LogP) is 2.66. The minimum absolute atomic E-state index is 0.0978. The Labute approximate surface area is 122 Å². The van der Waals surface area contributed by atoms with Gasteiger partial charge in [0.15, 0.2) is 0 Å². The van der Waals surface area contributed by atoms with Crippen molar-refractivity contribution < 1.29 is 14.7 Å². The van der Waals surface area contributed by atoms with Crippen molar-refractivity contribution in [2.45, 2.75) is 19.8 Å². The largest absolute Gasteiger partial charge is 0.481 e. The monoisotopic (exact) mass is 284 g/mol. The smallest absolute Gasteiger partial charge is 0.303 e. The third-order valence-electron chi connectivity index (χ3n) is 3.09. The summed E-state index contributed by atoms with van der Waals surface area (Å²) in [7, 11) is 0. The quantitative estimate of drug-likeness (QED) is 0.884. The van der Waals surface area contributed by atoms with Crippen LogP contribution in [-0.2, 0) is 11.2 Å². The van der Waals surface area contributed by atoms with Crippen molar-refractivity contribution in [3.63, 3.8) is 0 Å². The van der Waals surface area contributed by atoms with Gasteiger partial charge in [-0.25, -0.2) is 0 Å². The Kier molecular flexibility index (Phi) is 4.66. The van der Waals surface area contributed by atoms with E-state index < -0.39 is 5.97 Å². The zero-order valence-electron chi connectivity index (χ0n) is 11.7. The van der Waals surface area contributed by atoms with Crippen LogP contribution in [0.1, 0.15) is 28.0 Å². The van der Waals surface area contributed by atoms with Crippen LogP contribution in [0.3, 0.4) is 0 Å². The molecule has 0 unspecified atom stereocenters. The minimum atomic E-state index is -0.820. The Morgan fingerprint density at radius 1 is 1.19 bits per heavy atom. The highest BCUT2D eigenvalue weighted by atomic mass is 16.4. The lowest BCUT2D eigenvalue weighted by molar-refractivity contribution is -0.136. The number of anilines is 1. The second-order valence-electron chi connectivity index (χ2n) is 4.68. The maximum Gasteiger partial charge on any atom is 0.303 e.